The van der Waals surface area contributed by atoms with Gasteiger partial charge in [0, 0.05) is 11.9 Å². The molecule has 80 valence electrons. The van der Waals surface area contributed by atoms with Crippen LogP contribution in [0.25, 0.3) is 5.65 Å². The minimum Gasteiger partial charge on any atom is -0.398 e. The number of hydrogen-bond acceptors (Lipinski definition) is 5. The lowest BCUT2D eigenvalue weighted by Crippen LogP contribution is -2.05. The van der Waals surface area contributed by atoms with E-state index in [2.05, 4.69) is 20.3 Å². The lowest BCUT2D eigenvalue weighted by Gasteiger charge is -2.00. The molecule has 3 aromatic heterocycles. The Hall–Kier alpha value is -2.44. The Morgan fingerprint density at radius 3 is 3.00 bits per heavy atom. The van der Waals surface area contributed by atoms with Gasteiger partial charge in [-0.05, 0) is 12.1 Å². The van der Waals surface area contributed by atoms with Crippen LogP contribution in [0.2, 0.25) is 0 Å². The summed E-state index contributed by atoms with van der Waals surface area (Å²) < 4.78 is 3.52. The molecule has 7 heteroatoms. The lowest BCUT2D eigenvalue weighted by molar-refractivity contribution is 0.648. The topological polar surface area (TPSA) is 86.9 Å². The summed E-state index contributed by atoms with van der Waals surface area (Å²) >= 11 is 0. The Morgan fingerprint density at radius 1 is 1.25 bits per heavy atom. The molecule has 0 saturated carbocycles. The number of rotatable bonds is 2. The number of pyridine rings is 1. The predicted octanol–water partition coefficient (Wildman–Crippen LogP) is -0.0487. The lowest BCUT2D eigenvalue weighted by atomic mass is 10.4. The maximum atomic E-state index is 5.71. The SMILES string of the molecule is Nc1ccc2nnc(Cn3cncn3)n2c1. The number of aromatic nitrogens is 6. The van der Waals surface area contributed by atoms with E-state index < -0.39 is 0 Å². The van der Waals surface area contributed by atoms with Crippen molar-refractivity contribution < 1.29 is 0 Å². The van der Waals surface area contributed by atoms with Gasteiger partial charge in [-0.2, -0.15) is 5.10 Å². The molecule has 3 rings (SSSR count). The molecule has 16 heavy (non-hydrogen) atoms. The number of nitrogen functional groups attached to an aromatic ring is 1. The van der Waals surface area contributed by atoms with Gasteiger partial charge >= 0.3 is 0 Å². The van der Waals surface area contributed by atoms with E-state index in [1.54, 1.807) is 23.3 Å². The summed E-state index contributed by atoms with van der Waals surface area (Å²) in [4.78, 5) is 3.87. The number of nitrogens with two attached hydrogens (primary N) is 1. The van der Waals surface area contributed by atoms with E-state index in [1.165, 1.54) is 6.33 Å². The monoisotopic (exact) mass is 215 g/mol. The quantitative estimate of drug-likeness (QED) is 0.647. The summed E-state index contributed by atoms with van der Waals surface area (Å²) in [5.74, 6) is 0.771. The molecule has 0 amide bonds. The second-order valence-electron chi connectivity index (χ2n) is 3.40. The fourth-order valence-corrected chi connectivity index (χ4v) is 1.52. The third-order valence-corrected chi connectivity index (χ3v) is 2.27. The maximum absolute atomic E-state index is 5.71. The van der Waals surface area contributed by atoms with Crippen molar-refractivity contribution >= 4 is 11.3 Å². The fourth-order valence-electron chi connectivity index (χ4n) is 1.52. The van der Waals surface area contributed by atoms with Crippen molar-refractivity contribution in [1.82, 2.24) is 29.4 Å². The Bertz CT molecular complexity index is 610. The van der Waals surface area contributed by atoms with Crippen LogP contribution in [0.4, 0.5) is 5.69 Å². The minimum atomic E-state index is 0.518. The van der Waals surface area contributed by atoms with Crippen molar-refractivity contribution in [3.8, 4) is 0 Å². The van der Waals surface area contributed by atoms with E-state index >= 15 is 0 Å². The van der Waals surface area contributed by atoms with Gasteiger partial charge in [0.05, 0.1) is 0 Å². The van der Waals surface area contributed by atoms with Crippen LogP contribution >= 0.6 is 0 Å². The smallest absolute Gasteiger partial charge is 0.160 e. The zero-order valence-corrected chi connectivity index (χ0v) is 8.35. The zero-order valence-electron chi connectivity index (χ0n) is 8.35. The van der Waals surface area contributed by atoms with Crippen LogP contribution in [0.3, 0.4) is 0 Å². The van der Waals surface area contributed by atoms with Gasteiger partial charge in [-0.3, -0.25) is 4.40 Å². The van der Waals surface area contributed by atoms with E-state index in [1.807, 2.05) is 10.5 Å². The van der Waals surface area contributed by atoms with Crippen molar-refractivity contribution in [3.63, 3.8) is 0 Å². The average molecular weight is 215 g/mol. The van der Waals surface area contributed by atoms with Gasteiger partial charge in [-0.15, -0.1) is 10.2 Å². The molecule has 0 radical (unpaired) electrons. The first-order valence-corrected chi connectivity index (χ1v) is 4.74. The molecule has 0 aliphatic carbocycles. The molecule has 0 atom stereocenters. The van der Waals surface area contributed by atoms with Gasteiger partial charge in [-0.25, -0.2) is 9.67 Å². The highest BCUT2D eigenvalue weighted by Gasteiger charge is 2.06. The maximum Gasteiger partial charge on any atom is 0.160 e. The third-order valence-electron chi connectivity index (χ3n) is 2.27. The summed E-state index contributed by atoms with van der Waals surface area (Å²) in [6, 6.07) is 3.62. The normalized spacial score (nSPS) is 11.0. The second kappa shape index (κ2) is 3.30. The molecule has 0 aliphatic heterocycles. The molecular formula is C9H9N7. The van der Waals surface area contributed by atoms with Crippen LogP contribution < -0.4 is 5.73 Å². The van der Waals surface area contributed by atoms with Crippen molar-refractivity contribution in [3.05, 3.63) is 36.8 Å². The first-order chi connectivity index (χ1) is 7.83. The standard InChI is InChI=1S/C9H9N7/c10-7-1-2-8-13-14-9(16(8)3-7)4-15-6-11-5-12-15/h1-3,5-6H,4,10H2. The summed E-state index contributed by atoms with van der Waals surface area (Å²) in [6.07, 6.45) is 4.91. The van der Waals surface area contributed by atoms with E-state index in [0.29, 0.717) is 12.2 Å². The van der Waals surface area contributed by atoms with E-state index in [-0.39, 0.29) is 0 Å². The molecule has 0 aliphatic rings. The Labute approximate surface area is 90.5 Å². The summed E-state index contributed by atoms with van der Waals surface area (Å²) in [6.45, 7) is 0.518. The largest absolute Gasteiger partial charge is 0.398 e. The second-order valence-corrected chi connectivity index (χ2v) is 3.40. The van der Waals surface area contributed by atoms with Crippen LogP contribution in [0, 0.1) is 0 Å². The third kappa shape index (κ3) is 1.38. The highest BCUT2D eigenvalue weighted by molar-refractivity contribution is 5.47. The molecule has 0 fully saturated rings. The Kier molecular flexibility index (Phi) is 1.82. The van der Waals surface area contributed by atoms with E-state index in [9.17, 15) is 0 Å². The molecule has 3 aromatic rings. The molecule has 0 unspecified atom stereocenters. The number of anilines is 1. The molecule has 0 aromatic carbocycles. The van der Waals surface area contributed by atoms with Crippen LogP contribution in [0.15, 0.2) is 31.0 Å². The fraction of sp³-hybridized carbons (Fsp3) is 0.111. The summed E-state index contributed by atoms with van der Waals surface area (Å²) in [5, 5.41) is 12.1. The van der Waals surface area contributed by atoms with E-state index in [4.69, 9.17) is 5.73 Å². The molecule has 0 spiro atoms. The Balaban J connectivity index is 2.07. The van der Waals surface area contributed by atoms with Crippen LogP contribution in [-0.2, 0) is 6.54 Å². The zero-order chi connectivity index (χ0) is 11.0. The number of fused-ring (bicyclic) bond motifs is 1. The predicted molar refractivity (Wildman–Crippen MR) is 56.5 cm³/mol. The van der Waals surface area contributed by atoms with Crippen LogP contribution in [-0.4, -0.2) is 29.4 Å². The molecule has 2 N–H and O–H groups in total. The van der Waals surface area contributed by atoms with Gasteiger partial charge in [0.25, 0.3) is 0 Å². The van der Waals surface area contributed by atoms with Crippen LogP contribution in [0.5, 0.6) is 0 Å². The van der Waals surface area contributed by atoms with Crippen molar-refractivity contribution in [1.29, 1.82) is 0 Å². The van der Waals surface area contributed by atoms with Crippen molar-refractivity contribution in [2.24, 2.45) is 0 Å². The first-order valence-electron chi connectivity index (χ1n) is 4.74. The molecular weight excluding hydrogens is 206 g/mol. The average Bonchev–Trinajstić information content (AvgIpc) is 2.90. The highest BCUT2D eigenvalue weighted by atomic mass is 15.3. The van der Waals surface area contributed by atoms with Gasteiger partial charge in [0.2, 0.25) is 0 Å². The number of nitrogens with zero attached hydrogens (tertiary/aromatic N) is 6. The van der Waals surface area contributed by atoms with Gasteiger partial charge in [-0.1, -0.05) is 0 Å². The summed E-state index contributed by atoms with van der Waals surface area (Å²) in [5.41, 5.74) is 7.16. The van der Waals surface area contributed by atoms with Crippen molar-refractivity contribution in [2.75, 3.05) is 5.73 Å². The van der Waals surface area contributed by atoms with Gasteiger partial charge < -0.3 is 5.73 Å². The van der Waals surface area contributed by atoms with Gasteiger partial charge in [0.15, 0.2) is 11.5 Å². The summed E-state index contributed by atoms with van der Waals surface area (Å²) in [7, 11) is 0. The minimum absolute atomic E-state index is 0.518. The molecule has 7 nitrogen and oxygen atoms in total. The Morgan fingerprint density at radius 2 is 2.19 bits per heavy atom. The molecule has 0 saturated heterocycles. The number of hydrogen-bond donors (Lipinski definition) is 1. The first kappa shape index (κ1) is 8.84. The molecule has 3 heterocycles. The van der Waals surface area contributed by atoms with Gasteiger partial charge in [0.1, 0.15) is 19.2 Å². The molecule has 0 bridgehead atoms. The van der Waals surface area contributed by atoms with E-state index in [0.717, 1.165) is 11.5 Å². The van der Waals surface area contributed by atoms with Crippen molar-refractivity contribution in [2.45, 2.75) is 6.54 Å². The van der Waals surface area contributed by atoms with Crippen LogP contribution in [0.1, 0.15) is 5.82 Å². The highest BCUT2D eigenvalue weighted by Crippen LogP contribution is 2.08.